The molecule has 0 saturated heterocycles. The Bertz CT molecular complexity index is 525. The molecule has 0 saturated carbocycles. The van der Waals surface area contributed by atoms with Crippen LogP contribution in [-0.4, -0.2) is 19.7 Å². The molecule has 74 valence electrons. The summed E-state index contributed by atoms with van der Waals surface area (Å²) in [7, 11) is 0. The topological polar surface area (TPSA) is 67.4 Å². The first-order chi connectivity index (χ1) is 7.20. The van der Waals surface area contributed by atoms with Crippen molar-refractivity contribution in [1.82, 2.24) is 19.7 Å². The molecule has 0 aliphatic rings. The number of hydrogen-bond donors (Lipinski definition) is 0. The van der Waals surface area contributed by atoms with E-state index < -0.39 is 0 Å². The van der Waals surface area contributed by atoms with Crippen LogP contribution in [-0.2, 0) is 0 Å². The average molecular weight is 329 g/mol. The van der Waals surface area contributed by atoms with Crippen LogP contribution in [0, 0.1) is 11.3 Å². The van der Waals surface area contributed by atoms with Crippen LogP contribution in [0.4, 0.5) is 0 Å². The Morgan fingerprint density at radius 3 is 2.60 bits per heavy atom. The van der Waals surface area contributed by atoms with Crippen molar-refractivity contribution in [1.29, 1.82) is 5.26 Å². The summed E-state index contributed by atoms with van der Waals surface area (Å²) in [5.74, 6) is 0.596. The fourth-order valence-electron chi connectivity index (χ4n) is 0.993. The average Bonchev–Trinajstić information content (AvgIpc) is 2.58. The van der Waals surface area contributed by atoms with Gasteiger partial charge in [0.1, 0.15) is 6.07 Å². The molecular formula is C8H3Br2N5. The predicted molar refractivity (Wildman–Crippen MR) is 59.3 cm³/mol. The Hall–Kier alpha value is -1.26. The fraction of sp³-hybridized carbons (Fsp3) is 0. The van der Waals surface area contributed by atoms with E-state index in [0.717, 1.165) is 0 Å². The van der Waals surface area contributed by atoms with Gasteiger partial charge in [0, 0.05) is 6.20 Å². The minimum atomic E-state index is 0.473. The van der Waals surface area contributed by atoms with Crippen LogP contribution in [0.25, 0.3) is 5.82 Å². The zero-order valence-electron chi connectivity index (χ0n) is 7.22. The molecule has 15 heavy (non-hydrogen) atoms. The number of nitrogens with zero attached hydrogens (tertiary/aromatic N) is 5. The van der Waals surface area contributed by atoms with E-state index in [9.17, 15) is 0 Å². The number of rotatable bonds is 1. The molecule has 5 nitrogen and oxygen atoms in total. The highest BCUT2D eigenvalue weighted by atomic mass is 79.9. The lowest BCUT2D eigenvalue weighted by molar-refractivity contribution is 0.819. The maximum atomic E-state index is 8.62. The molecular weight excluding hydrogens is 326 g/mol. The first-order valence-electron chi connectivity index (χ1n) is 3.85. The van der Waals surface area contributed by atoms with E-state index in [0.29, 0.717) is 20.8 Å². The van der Waals surface area contributed by atoms with Gasteiger partial charge in [0.15, 0.2) is 5.82 Å². The largest absolute Gasteiger partial charge is 0.236 e. The number of pyridine rings is 1. The van der Waals surface area contributed by atoms with Crippen molar-refractivity contribution < 1.29 is 0 Å². The molecule has 0 unspecified atom stereocenters. The predicted octanol–water partition coefficient (Wildman–Crippen LogP) is 2.06. The Morgan fingerprint density at radius 2 is 2.13 bits per heavy atom. The van der Waals surface area contributed by atoms with Crippen molar-refractivity contribution in [2.45, 2.75) is 0 Å². The van der Waals surface area contributed by atoms with Gasteiger partial charge >= 0.3 is 0 Å². The lowest BCUT2D eigenvalue weighted by Gasteiger charge is -1.99. The molecule has 0 aliphatic carbocycles. The number of hydrogen-bond acceptors (Lipinski definition) is 4. The van der Waals surface area contributed by atoms with E-state index >= 15 is 0 Å². The van der Waals surface area contributed by atoms with Gasteiger partial charge in [-0.3, -0.25) is 0 Å². The quantitative estimate of drug-likeness (QED) is 0.803. The number of aromatic nitrogens is 4. The first kappa shape index (κ1) is 10.3. The molecule has 2 aromatic heterocycles. The molecule has 0 atom stereocenters. The SMILES string of the molecule is N#Cc1ccc(-n2nc(Br)nc2Br)nc1. The minimum absolute atomic E-state index is 0.473. The van der Waals surface area contributed by atoms with Gasteiger partial charge in [-0.25, -0.2) is 4.98 Å². The summed E-state index contributed by atoms with van der Waals surface area (Å²) in [5, 5.41) is 12.7. The van der Waals surface area contributed by atoms with Gasteiger partial charge < -0.3 is 0 Å². The zero-order valence-corrected chi connectivity index (χ0v) is 10.4. The lowest BCUT2D eigenvalue weighted by atomic mass is 10.3. The number of halogens is 2. The molecule has 2 aromatic rings. The summed E-state index contributed by atoms with van der Waals surface area (Å²) in [4.78, 5) is 8.09. The molecule has 0 radical (unpaired) electrons. The van der Waals surface area contributed by atoms with Gasteiger partial charge in [0.2, 0.25) is 9.47 Å². The Labute approximate surface area is 102 Å². The van der Waals surface area contributed by atoms with Crippen molar-refractivity contribution in [3.05, 3.63) is 33.4 Å². The monoisotopic (exact) mass is 327 g/mol. The molecule has 2 heterocycles. The summed E-state index contributed by atoms with van der Waals surface area (Å²) in [6, 6.07) is 5.37. The van der Waals surface area contributed by atoms with Crippen LogP contribution in [0.5, 0.6) is 0 Å². The smallest absolute Gasteiger partial charge is 0.218 e. The third-order valence-corrected chi connectivity index (χ3v) is 2.48. The van der Waals surface area contributed by atoms with Crippen LogP contribution in [0.15, 0.2) is 27.8 Å². The maximum absolute atomic E-state index is 8.62. The van der Waals surface area contributed by atoms with E-state index in [4.69, 9.17) is 5.26 Å². The summed E-state index contributed by atoms with van der Waals surface area (Å²) in [6.45, 7) is 0. The zero-order chi connectivity index (χ0) is 10.8. The van der Waals surface area contributed by atoms with Crippen LogP contribution in [0.2, 0.25) is 0 Å². The first-order valence-corrected chi connectivity index (χ1v) is 5.44. The van der Waals surface area contributed by atoms with Gasteiger partial charge in [-0.15, -0.1) is 5.10 Å². The van der Waals surface area contributed by atoms with Gasteiger partial charge in [0.25, 0.3) is 0 Å². The van der Waals surface area contributed by atoms with E-state index in [1.807, 2.05) is 6.07 Å². The molecule has 0 aliphatic heterocycles. The molecule has 2 rings (SSSR count). The molecule has 0 amide bonds. The summed E-state index contributed by atoms with van der Waals surface area (Å²) < 4.78 is 2.54. The molecule has 0 spiro atoms. The highest BCUT2D eigenvalue weighted by molar-refractivity contribution is 9.11. The molecule has 7 heteroatoms. The summed E-state index contributed by atoms with van der Waals surface area (Å²) in [6.07, 6.45) is 1.48. The van der Waals surface area contributed by atoms with E-state index in [1.165, 1.54) is 10.9 Å². The third kappa shape index (κ3) is 2.06. The highest BCUT2D eigenvalue weighted by Crippen LogP contribution is 2.15. The standard InChI is InChI=1S/C8H3Br2N5/c9-7-13-8(10)15(14-7)6-2-1-5(3-11)4-12-6/h1-2,4H. The molecule has 0 N–H and O–H groups in total. The minimum Gasteiger partial charge on any atom is -0.236 e. The van der Waals surface area contributed by atoms with Crippen molar-refractivity contribution in [2.75, 3.05) is 0 Å². The third-order valence-electron chi connectivity index (χ3n) is 1.64. The van der Waals surface area contributed by atoms with Gasteiger partial charge in [-0.2, -0.15) is 14.9 Å². The Morgan fingerprint density at radius 1 is 1.33 bits per heavy atom. The molecule has 0 bridgehead atoms. The Kier molecular flexibility index (Phi) is 2.79. The molecule has 0 aromatic carbocycles. The van der Waals surface area contributed by atoms with Crippen molar-refractivity contribution >= 4 is 31.9 Å². The molecule has 0 fully saturated rings. The van der Waals surface area contributed by atoms with Crippen LogP contribution in [0.3, 0.4) is 0 Å². The van der Waals surface area contributed by atoms with Crippen LogP contribution in [0.1, 0.15) is 5.56 Å². The normalized spacial score (nSPS) is 9.93. The van der Waals surface area contributed by atoms with E-state index in [1.54, 1.807) is 12.1 Å². The summed E-state index contributed by atoms with van der Waals surface area (Å²) in [5.41, 5.74) is 0.508. The van der Waals surface area contributed by atoms with Gasteiger partial charge in [0.05, 0.1) is 5.56 Å². The van der Waals surface area contributed by atoms with E-state index in [-0.39, 0.29) is 0 Å². The van der Waals surface area contributed by atoms with Crippen molar-refractivity contribution in [2.24, 2.45) is 0 Å². The van der Waals surface area contributed by atoms with Crippen molar-refractivity contribution in [3.8, 4) is 11.9 Å². The second-order valence-electron chi connectivity index (χ2n) is 2.58. The van der Waals surface area contributed by atoms with Crippen molar-refractivity contribution in [3.63, 3.8) is 0 Å². The van der Waals surface area contributed by atoms with Gasteiger partial charge in [-0.05, 0) is 44.0 Å². The highest BCUT2D eigenvalue weighted by Gasteiger charge is 2.07. The van der Waals surface area contributed by atoms with Gasteiger partial charge in [-0.1, -0.05) is 0 Å². The second kappa shape index (κ2) is 4.08. The Balaban J connectivity index is 2.46. The fourth-order valence-corrected chi connectivity index (χ4v) is 1.99. The maximum Gasteiger partial charge on any atom is 0.218 e. The summed E-state index contributed by atoms with van der Waals surface area (Å²) >= 11 is 6.40. The van der Waals surface area contributed by atoms with Crippen LogP contribution < -0.4 is 0 Å². The second-order valence-corrected chi connectivity index (χ2v) is 4.00. The van der Waals surface area contributed by atoms with Crippen LogP contribution >= 0.6 is 31.9 Å². The van der Waals surface area contributed by atoms with E-state index in [2.05, 4.69) is 46.9 Å². The lowest BCUT2D eigenvalue weighted by Crippen LogP contribution is -1.99. The number of nitriles is 1.